The molecule has 6 atom stereocenters. The molecule has 0 aromatic carbocycles. The fourth-order valence-electron chi connectivity index (χ4n) is 6.44. The van der Waals surface area contributed by atoms with Crippen LogP contribution in [0.25, 0.3) is 0 Å². The molecule has 0 aliphatic heterocycles. The van der Waals surface area contributed by atoms with Gasteiger partial charge in [-0.2, -0.15) is 0 Å². The minimum Gasteiger partial charge on any atom is -0.350 e. The number of amides is 1. The van der Waals surface area contributed by atoms with Crippen molar-refractivity contribution in [1.29, 1.82) is 0 Å². The predicted molar refractivity (Wildman–Crippen MR) is 94.6 cm³/mol. The third-order valence-corrected chi connectivity index (χ3v) is 7.69. The van der Waals surface area contributed by atoms with E-state index in [0.29, 0.717) is 30.0 Å². The van der Waals surface area contributed by atoms with Crippen molar-refractivity contribution < 1.29 is 14.4 Å². The van der Waals surface area contributed by atoms with Crippen LogP contribution in [-0.4, -0.2) is 23.5 Å². The zero-order valence-corrected chi connectivity index (χ0v) is 15.3. The number of nitrogens with one attached hydrogen (secondary N) is 1. The summed E-state index contributed by atoms with van der Waals surface area (Å²) in [6, 6.07) is -0.101. The summed E-state index contributed by atoms with van der Waals surface area (Å²) in [4.78, 5) is 36.3. The van der Waals surface area contributed by atoms with E-state index in [1.54, 1.807) is 12.2 Å². The van der Waals surface area contributed by atoms with Crippen molar-refractivity contribution in [3.05, 3.63) is 23.8 Å². The Bertz CT molecular complexity index is 721. The van der Waals surface area contributed by atoms with Crippen LogP contribution >= 0.6 is 0 Å². The third-order valence-electron chi connectivity index (χ3n) is 7.69. The topological polar surface area (TPSA) is 63.2 Å². The van der Waals surface area contributed by atoms with Crippen LogP contribution in [0, 0.1) is 28.6 Å². The van der Waals surface area contributed by atoms with Gasteiger partial charge in [-0.3, -0.25) is 14.4 Å². The number of hydrogen-bond acceptors (Lipinski definition) is 3. The normalized spacial score (nSPS) is 45.3. The SMILES string of the molecule is CC(=O)N[C@H]1C[C@@H]2[C@H](CC[C@]3(C)C(=O)CC[C@@H]23)[C@@]2(C)C=CC(=O)C=C12. The van der Waals surface area contributed by atoms with E-state index in [4.69, 9.17) is 0 Å². The highest BCUT2D eigenvalue weighted by Gasteiger charge is 2.60. The summed E-state index contributed by atoms with van der Waals surface area (Å²) in [5.74, 6) is 1.64. The first-order chi connectivity index (χ1) is 11.8. The van der Waals surface area contributed by atoms with Crippen LogP contribution in [0.15, 0.2) is 23.8 Å². The predicted octanol–water partition coefficient (Wildman–Crippen LogP) is 2.98. The lowest BCUT2D eigenvalue weighted by Gasteiger charge is -2.57. The molecule has 0 radical (unpaired) electrons. The van der Waals surface area contributed by atoms with Crippen LogP contribution < -0.4 is 5.32 Å². The fraction of sp³-hybridized carbons (Fsp3) is 0.667. The van der Waals surface area contributed by atoms with E-state index in [1.807, 2.05) is 0 Å². The van der Waals surface area contributed by atoms with Crippen molar-refractivity contribution in [3.63, 3.8) is 0 Å². The molecule has 4 nitrogen and oxygen atoms in total. The molecule has 4 rings (SSSR count). The molecule has 4 aliphatic carbocycles. The van der Waals surface area contributed by atoms with E-state index in [1.165, 1.54) is 6.92 Å². The van der Waals surface area contributed by atoms with Gasteiger partial charge < -0.3 is 5.32 Å². The summed E-state index contributed by atoms with van der Waals surface area (Å²) in [6.07, 6.45) is 9.98. The Hall–Kier alpha value is -1.71. The highest BCUT2D eigenvalue weighted by atomic mass is 16.1. The van der Waals surface area contributed by atoms with Crippen LogP contribution in [-0.2, 0) is 14.4 Å². The van der Waals surface area contributed by atoms with Crippen LogP contribution in [0.5, 0.6) is 0 Å². The van der Waals surface area contributed by atoms with E-state index in [0.717, 1.165) is 31.3 Å². The molecule has 3 fully saturated rings. The molecule has 0 saturated heterocycles. The quantitative estimate of drug-likeness (QED) is 0.797. The largest absolute Gasteiger partial charge is 0.350 e. The van der Waals surface area contributed by atoms with Gasteiger partial charge in [0.1, 0.15) is 5.78 Å². The van der Waals surface area contributed by atoms with Crippen LogP contribution in [0.3, 0.4) is 0 Å². The Morgan fingerprint density at radius 2 is 1.96 bits per heavy atom. The number of hydrogen-bond donors (Lipinski definition) is 1. The number of carbonyl (C=O) groups is 3. The molecule has 1 N–H and O–H groups in total. The van der Waals surface area contributed by atoms with Crippen molar-refractivity contribution in [2.24, 2.45) is 28.6 Å². The van der Waals surface area contributed by atoms with E-state index in [9.17, 15) is 14.4 Å². The second-order valence-corrected chi connectivity index (χ2v) is 8.90. The highest BCUT2D eigenvalue weighted by Crippen LogP contribution is 2.63. The maximum absolute atomic E-state index is 12.5. The number of rotatable bonds is 1. The summed E-state index contributed by atoms with van der Waals surface area (Å²) in [5, 5.41) is 3.09. The minimum absolute atomic E-state index is 0.0120. The number of carbonyl (C=O) groups excluding carboxylic acids is 3. The fourth-order valence-corrected chi connectivity index (χ4v) is 6.44. The van der Waals surface area contributed by atoms with Gasteiger partial charge in [0.2, 0.25) is 5.91 Å². The van der Waals surface area contributed by atoms with Gasteiger partial charge in [0.25, 0.3) is 0 Å². The Kier molecular flexibility index (Phi) is 3.61. The second kappa shape index (κ2) is 5.39. The van der Waals surface area contributed by atoms with Gasteiger partial charge in [-0.1, -0.05) is 19.9 Å². The minimum atomic E-state index is -0.198. The Balaban J connectivity index is 1.76. The van der Waals surface area contributed by atoms with Gasteiger partial charge in [0.15, 0.2) is 5.78 Å². The zero-order chi connectivity index (χ0) is 18.0. The summed E-state index contributed by atoms with van der Waals surface area (Å²) >= 11 is 0. The van der Waals surface area contributed by atoms with Gasteiger partial charge in [-0.25, -0.2) is 0 Å². The molecule has 0 aromatic rings. The molecule has 0 heterocycles. The smallest absolute Gasteiger partial charge is 0.217 e. The number of Topliss-reactive ketones (excluding diaryl/α,β-unsaturated/α-hetero) is 1. The van der Waals surface area contributed by atoms with Gasteiger partial charge in [-0.15, -0.1) is 0 Å². The lowest BCUT2D eigenvalue weighted by Crippen LogP contribution is -2.56. The standard InChI is InChI=1S/C21H27NO3/c1-12(23)22-18-11-14-15-4-5-19(25)21(15,3)9-7-16(14)20(2)8-6-13(24)10-17(18)20/h6,8,10,14-16,18H,4-5,7,9,11H2,1-3H3,(H,22,23)/t14-,15-,16-,18-,20+,21-/m0/s1. The molecule has 0 bridgehead atoms. The molecule has 0 unspecified atom stereocenters. The monoisotopic (exact) mass is 341 g/mol. The zero-order valence-electron chi connectivity index (χ0n) is 15.3. The first kappa shape index (κ1) is 16.7. The first-order valence-corrected chi connectivity index (χ1v) is 9.51. The van der Waals surface area contributed by atoms with Crippen molar-refractivity contribution >= 4 is 17.5 Å². The molecule has 0 aromatic heterocycles. The van der Waals surface area contributed by atoms with Gasteiger partial charge in [0.05, 0.1) is 6.04 Å². The van der Waals surface area contributed by atoms with Gasteiger partial charge in [0, 0.05) is 24.2 Å². The maximum atomic E-state index is 12.5. The highest BCUT2D eigenvalue weighted by molar-refractivity contribution is 6.01. The van der Waals surface area contributed by atoms with Crippen LogP contribution in [0.2, 0.25) is 0 Å². The van der Waals surface area contributed by atoms with E-state index in [2.05, 4.69) is 25.2 Å². The average Bonchev–Trinajstić information content (AvgIpc) is 2.84. The molecule has 25 heavy (non-hydrogen) atoms. The molecule has 4 aliphatic rings. The first-order valence-electron chi connectivity index (χ1n) is 9.51. The third kappa shape index (κ3) is 2.29. The summed E-state index contributed by atoms with van der Waals surface area (Å²) < 4.78 is 0. The molecule has 4 heteroatoms. The van der Waals surface area contributed by atoms with Gasteiger partial charge >= 0.3 is 0 Å². The van der Waals surface area contributed by atoms with E-state index in [-0.39, 0.29) is 28.6 Å². The summed E-state index contributed by atoms with van der Waals surface area (Å²) in [6.45, 7) is 5.91. The maximum Gasteiger partial charge on any atom is 0.217 e. The summed E-state index contributed by atoms with van der Waals surface area (Å²) in [7, 11) is 0. The van der Waals surface area contributed by atoms with Crippen molar-refractivity contribution in [1.82, 2.24) is 5.32 Å². The molecule has 1 amide bonds. The van der Waals surface area contributed by atoms with Crippen LogP contribution in [0.1, 0.15) is 52.9 Å². The second-order valence-electron chi connectivity index (χ2n) is 8.90. The summed E-state index contributed by atoms with van der Waals surface area (Å²) in [5.41, 5.74) is 0.675. The number of allylic oxidation sites excluding steroid dienone is 3. The Morgan fingerprint density at radius 1 is 1.20 bits per heavy atom. The van der Waals surface area contributed by atoms with Crippen molar-refractivity contribution in [2.45, 2.75) is 58.9 Å². The van der Waals surface area contributed by atoms with E-state index >= 15 is 0 Å². The molecular weight excluding hydrogens is 314 g/mol. The van der Waals surface area contributed by atoms with Crippen molar-refractivity contribution in [3.8, 4) is 0 Å². The number of fused-ring (bicyclic) bond motifs is 5. The molecule has 3 saturated carbocycles. The molecular formula is C21H27NO3. The molecule has 134 valence electrons. The lowest BCUT2D eigenvalue weighted by atomic mass is 9.47. The number of ketones is 2. The van der Waals surface area contributed by atoms with Gasteiger partial charge in [-0.05, 0) is 61.2 Å². The Morgan fingerprint density at radius 3 is 2.68 bits per heavy atom. The van der Waals surface area contributed by atoms with Crippen LogP contribution in [0.4, 0.5) is 0 Å². The van der Waals surface area contributed by atoms with E-state index < -0.39 is 0 Å². The average molecular weight is 341 g/mol. The molecule has 0 spiro atoms. The van der Waals surface area contributed by atoms with Crippen molar-refractivity contribution in [2.75, 3.05) is 0 Å². The lowest BCUT2D eigenvalue weighted by molar-refractivity contribution is -0.132. The Labute approximate surface area is 149 Å².